The van der Waals surface area contributed by atoms with Gasteiger partial charge in [0.2, 0.25) is 11.8 Å². The molecule has 0 unspecified atom stereocenters. The first-order valence-electron chi connectivity index (χ1n) is 17.1. The van der Waals surface area contributed by atoms with Gasteiger partial charge in [-0.15, -0.1) is 13.2 Å². The molecule has 8 heteroatoms. The summed E-state index contributed by atoms with van der Waals surface area (Å²) < 4.78 is 5.96. The Morgan fingerprint density at radius 3 is 2.14 bits per heavy atom. The van der Waals surface area contributed by atoms with Crippen LogP contribution in [-0.2, 0) is 38.4 Å². The highest BCUT2D eigenvalue weighted by molar-refractivity contribution is 5.87. The van der Waals surface area contributed by atoms with E-state index in [0.717, 1.165) is 40.4 Å². The monoisotopic (exact) mass is 663 g/mol. The summed E-state index contributed by atoms with van der Waals surface area (Å²) in [4.78, 5) is 43.7. The van der Waals surface area contributed by atoms with Crippen molar-refractivity contribution in [2.24, 2.45) is 11.8 Å². The van der Waals surface area contributed by atoms with E-state index < -0.39 is 18.0 Å². The molecule has 0 fully saturated rings. The van der Waals surface area contributed by atoms with E-state index in [1.807, 2.05) is 97.2 Å². The van der Waals surface area contributed by atoms with Gasteiger partial charge in [0.15, 0.2) is 0 Å². The molecule has 0 aliphatic heterocycles. The molecular formula is C41H49N3O5. The lowest BCUT2D eigenvalue weighted by Gasteiger charge is -2.24. The fraction of sp³-hybridized carbons (Fsp3) is 0.341. The lowest BCUT2D eigenvalue weighted by molar-refractivity contribution is -0.150. The number of hydrogen-bond donors (Lipinski definition) is 4. The maximum Gasteiger partial charge on any atom is 0.309 e. The lowest BCUT2D eigenvalue weighted by atomic mass is 9.94. The normalized spacial score (nSPS) is 13.5. The second-order valence-electron chi connectivity index (χ2n) is 12.6. The van der Waals surface area contributed by atoms with Crippen molar-refractivity contribution in [1.29, 1.82) is 0 Å². The first-order chi connectivity index (χ1) is 23.9. The summed E-state index contributed by atoms with van der Waals surface area (Å²) in [5.41, 5.74) is 4.00. The highest BCUT2D eigenvalue weighted by atomic mass is 16.5. The van der Waals surface area contributed by atoms with Gasteiger partial charge in [0, 0.05) is 23.5 Å². The molecule has 258 valence electrons. The van der Waals surface area contributed by atoms with E-state index in [-0.39, 0.29) is 49.8 Å². The van der Waals surface area contributed by atoms with Gasteiger partial charge in [-0.1, -0.05) is 91.0 Å². The van der Waals surface area contributed by atoms with Gasteiger partial charge in [-0.3, -0.25) is 14.4 Å². The largest absolute Gasteiger partial charge is 0.463 e. The fourth-order valence-electron chi connectivity index (χ4n) is 6.10. The van der Waals surface area contributed by atoms with Gasteiger partial charge < -0.3 is 25.5 Å². The third-order valence-corrected chi connectivity index (χ3v) is 8.70. The number of nitrogens with one attached hydrogen (secondary N) is 3. The van der Waals surface area contributed by atoms with Crippen molar-refractivity contribution >= 4 is 28.7 Å². The number of allylic oxidation sites excluding steroid dienone is 2. The number of amides is 2. The molecule has 0 spiro atoms. The number of aliphatic hydroxyl groups is 1. The molecule has 3 aromatic carbocycles. The molecule has 4 N–H and O–H groups in total. The Balaban J connectivity index is 1.46. The number of carbonyl (C=O) groups is 3. The zero-order chi connectivity index (χ0) is 34.8. The number of para-hydroxylation sites is 1. The van der Waals surface area contributed by atoms with Crippen molar-refractivity contribution in [3.63, 3.8) is 0 Å². The molecule has 0 aliphatic carbocycles. The topological polar surface area (TPSA) is 121 Å². The maximum absolute atomic E-state index is 13.8. The summed E-state index contributed by atoms with van der Waals surface area (Å²) in [5.74, 6) is -1.99. The van der Waals surface area contributed by atoms with Gasteiger partial charge in [0.1, 0.15) is 6.61 Å². The summed E-state index contributed by atoms with van der Waals surface area (Å²) in [6, 6.07) is 26.4. The van der Waals surface area contributed by atoms with Crippen molar-refractivity contribution < 1.29 is 24.2 Å². The van der Waals surface area contributed by atoms with Gasteiger partial charge in [-0.25, -0.2) is 0 Å². The van der Waals surface area contributed by atoms with Gasteiger partial charge >= 0.3 is 5.97 Å². The van der Waals surface area contributed by atoms with Gasteiger partial charge in [-0.2, -0.15) is 0 Å². The first-order valence-corrected chi connectivity index (χ1v) is 17.1. The van der Waals surface area contributed by atoms with Crippen molar-refractivity contribution in [1.82, 2.24) is 15.6 Å². The first kappa shape index (κ1) is 36.9. The van der Waals surface area contributed by atoms with Crippen LogP contribution in [-0.4, -0.2) is 53.2 Å². The van der Waals surface area contributed by atoms with E-state index in [1.165, 1.54) is 0 Å². The van der Waals surface area contributed by atoms with Crippen LogP contribution in [0.2, 0.25) is 0 Å². The Morgan fingerprint density at radius 1 is 0.796 bits per heavy atom. The predicted octanol–water partition coefficient (Wildman–Crippen LogP) is 6.26. The van der Waals surface area contributed by atoms with Crippen LogP contribution in [0.4, 0.5) is 0 Å². The molecule has 0 bridgehead atoms. The Morgan fingerprint density at radius 2 is 1.47 bits per heavy atom. The van der Waals surface area contributed by atoms with Crippen LogP contribution < -0.4 is 10.6 Å². The van der Waals surface area contributed by atoms with Crippen LogP contribution in [0.25, 0.3) is 10.9 Å². The highest BCUT2D eigenvalue weighted by Crippen LogP contribution is 2.22. The molecular weight excluding hydrogens is 614 g/mol. The fourth-order valence-corrected chi connectivity index (χ4v) is 6.10. The zero-order valence-corrected chi connectivity index (χ0v) is 28.2. The maximum atomic E-state index is 13.8. The molecule has 0 radical (unpaired) electrons. The Bertz CT molecular complexity index is 1630. The number of aromatic amines is 1. The van der Waals surface area contributed by atoms with Crippen molar-refractivity contribution in [2.75, 3.05) is 13.2 Å². The SMILES string of the molecule is C=CCCC[C@H](Cc1ccccc1)C(=O)OC[C@H](Cc1c[nH]c2ccccc12)NC(=O)[C@@H](CC=C)CC(=O)N[C@@H](CO)Cc1ccccc1. The summed E-state index contributed by atoms with van der Waals surface area (Å²) in [7, 11) is 0. The van der Waals surface area contributed by atoms with Crippen molar-refractivity contribution in [3.05, 3.63) is 133 Å². The summed E-state index contributed by atoms with van der Waals surface area (Å²) in [6.45, 7) is 7.37. The van der Waals surface area contributed by atoms with E-state index in [2.05, 4.69) is 28.8 Å². The number of esters is 1. The number of aliphatic hydroxyl groups excluding tert-OH is 1. The molecule has 1 heterocycles. The number of unbranched alkanes of at least 4 members (excludes halogenated alkanes) is 1. The average Bonchev–Trinajstić information content (AvgIpc) is 3.53. The standard InChI is InChI=1S/C41H49N3O5/c1-3-5-8-20-33(23-30-16-9-6-10-17-30)41(48)49-29-36(25-34-27-42-38-22-14-13-21-37(34)38)44-40(47)32(15-4-2)26-39(46)43-35(28-45)24-31-18-11-7-12-19-31/h3-4,6-7,9-14,16-19,21-22,27,32-33,35-36,42,45H,1-2,5,8,15,20,23-26,28-29H2,(H,43,46)(H,44,47)/t32-,33+,35+,36-/m0/s1. The van der Waals surface area contributed by atoms with Crippen LogP contribution >= 0.6 is 0 Å². The zero-order valence-electron chi connectivity index (χ0n) is 28.2. The van der Waals surface area contributed by atoms with Gasteiger partial charge in [-0.05, 0) is 67.7 Å². The van der Waals surface area contributed by atoms with E-state index >= 15 is 0 Å². The molecule has 8 nitrogen and oxygen atoms in total. The molecule has 0 saturated carbocycles. The second kappa shape index (κ2) is 19.8. The third kappa shape index (κ3) is 11.9. The second-order valence-corrected chi connectivity index (χ2v) is 12.6. The average molecular weight is 664 g/mol. The number of hydrogen-bond acceptors (Lipinski definition) is 5. The van der Waals surface area contributed by atoms with Gasteiger partial charge in [0.25, 0.3) is 0 Å². The molecule has 0 aliphatic rings. The number of carbonyl (C=O) groups excluding carboxylic acids is 3. The Kier molecular flexibility index (Phi) is 14.9. The van der Waals surface area contributed by atoms with Gasteiger partial charge in [0.05, 0.1) is 30.5 Å². The third-order valence-electron chi connectivity index (χ3n) is 8.70. The lowest BCUT2D eigenvalue weighted by Crippen LogP contribution is -2.45. The van der Waals surface area contributed by atoms with E-state index in [1.54, 1.807) is 6.08 Å². The van der Waals surface area contributed by atoms with Crippen LogP contribution in [0.3, 0.4) is 0 Å². The van der Waals surface area contributed by atoms with Crippen LogP contribution in [0.5, 0.6) is 0 Å². The molecule has 2 amide bonds. The van der Waals surface area contributed by atoms with E-state index in [9.17, 15) is 19.5 Å². The number of H-pyrrole nitrogens is 1. The summed E-state index contributed by atoms with van der Waals surface area (Å²) in [5, 5.41) is 16.9. The number of fused-ring (bicyclic) bond motifs is 1. The quantitative estimate of drug-likeness (QED) is 0.0477. The Labute approximate surface area is 289 Å². The Hall–Kier alpha value is -4.95. The molecule has 49 heavy (non-hydrogen) atoms. The summed E-state index contributed by atoms with van der Waals surface area (Å²) in [6.07, 6.45) is 9.33. The number of rotatable bonds is 21. The highest BCUT2D eigenvalue weighted by Gasteiger charge is 2.27. The molecule has 1 aromatic heterocycles. The molecule has 0 saturated heterocycles. The van der Waals surface area contributed by atoms with E-state index in [4.69, 9.17) is 4.74 Å². The van der Waals surface area contributed by atoms with Crippen LogP contribution in [0.1, 0.15) is 48.8 Å². The molecule has 4 rings (SSSR count). The minimum absolute atomic E-state index is 0.0203. The van der Waals surface area contributed by atoms with Crippen molar-refractivity contribution in [3.8, 4) is 0 Å². The molecule has 4 atom stereocenters. The van der Waals surface area contributed by atoms with Crippen molar-refractivity contribution in [2.45, 2.75) is 63.5 Å². The van der Waals surface area contributed by atoms with E-state index in [0.29, 0.717) is 25.7 Å². The van der Waals surface area contributed by atoms with Crippen LogP contribution in [0.15, 0.2) is 116 Å². The summed E-state index contributed by atoms with van der Waals surface area (Å²) >= 11 is 0. The minimum atomic E-state index is -0.695. The predicted molar refractivity (Wildman–Crippen MR) is 195 cm³/mol. The minimum Gasteiger partial charge on any atom is -0.463 e. The smallest absolute Gasteiger partial charge is 0.309 e. The molecule has 4 aromatic rings. The number of aromatic nitrogens is 1. The van der Waals surface area contributed by atoms with Crippen LogP contribution in [0, 0.1) is 11.8 Å². The number of ether oxygens (including phenoxy) is 1. The number of benzene rings is 3.